The normalized spacial score (nSPS) is 15.1. The summed E-state index contributed by atoms with van der Waals surface area (Å²) in [5.74, 6) is -0.0537. The monoisotopic (exact) mass is 462 g/mol. The molecule has 1 aliphatic rings. The zero-order valence-corrected chi connectivity index (χ0v) is 18.4. The van der Waals surface area contributed by atoms with Gasteiger partial charge in [-0.25, -0.2) is 31.5 Å². The van der Waals surface area contributed by atoms with E-state index in [1.54, 1.807) is 23.9 Å². The lowest BCUT2D eigenvalue weighted by molar-refractivity contribution is 0.464. The van der Waals surface area contributed by atoms with Gasteiger partial charge in [-0.05, 0) is 50.1 Å². The lowest BCUT2D eigenvalue weighted by Gasteiger charge is -2.10. The van der Waals surface area contributed by atoms with E-state index in [0.717, 1.165) is 25.7 Å². The smallest absolute Gasteiger partial charge is 0.265 e. The average Bonchev–Trinajstić information content (AvgIpc) is 3.38. The van der Waals surface area contributed by atoms with Crippen LogP contribution in [-0.4, -0.2) is 36.6 Å². The third-order valence-electron chi connectivity index (χ3n) is 5.07. The number of benzene rings is 1. The minimum Gasteiger partial charge on any atom is -0.280 e. The van der Waals surface area contributed by atoms with Gasteiger partial charge in [-0.3, -0.25) is 9.40 Å². The molecule has 0 amide bonds. The van der Waals surface area contributed by atoms with Crippen LogP contribution >= 0.6 is 0 Å². The van der Waals surface area contributed by atoms with Crippen molar-refractivity contribution >= 4 is 31.7 Å². The van der Waals surface area contributed by atoms with Gasteiger partial charge in [0, 0.05) is 24.3 Å². The van der Waals surface area contributed by atoms with Crippen LogP contribution in [0, 0.1) is 6.92 Å². The van der Waals surface area contributed by atoms with Crippen molar-refractivity contribution in [1.29, 1.82) is 0 Å². The summed E-state index contributed by atoms with van der Waals surface area (Å²) < 4.78 is 57.1. The van der Waals surface area contributed by atoms with Crippen LogP contribution in [0.3, 0.4) is 0 Å². The van der Waals surface area contributed by atoms with Gasteiger partial charge in [0.15, 0.2) is 0 Å². The molecule has 2 N–H and O–H groups in total. The second kappa shape index (κ2) is 8.27. The molecule has 2 aromatic heterocycles. The van der Waals surface area contributed by atoms with Crippen molar-refractivity contribution in [2.75, 3.05) is 9.44 Å². The van der Waals surface area contributed by atoms with E-state index < -0.39 is 20.0 Å². The van der Waals surface area contributed by atoms with E-state index in [1.165, 1.54) is 36.7 Å². The molecule has 0 unspecified atom stereocenters. The van der Waals surface area contributed by atoms with Crippen molar-refractivity contribution in [2.24, 2.45) is 0 Å². The topological polar surface area (TPSA) is 136 Å². The molecule has 164 valence electrons. The molecule has 1 aliphatic carbocycles. The zero-order valence-electron chi connectivity index (χ0n) is 16.8. The fourth-order valence-corrected chi connectivity index (χ4v) is 5.72. The molecule has 0 aliphatic heterocycles. The van der Waals surface area contributed by atoms with Crippen molar-refractivity contribution in [3.8, 4) is 0 Å². The molecular formula is C19H22N6O4S2. The molecule has 10 nitrogen and oxygen atoms in total. The Kier molecular flexibility index (Phi) is 5.67. The number of anilines is 2. The summed E-state index contributed by atoms with van der Waals surface area (Å²) in [5, 5.41) is 4.38. The Bertz CT molecular complexity index is 1270. The van der Waals surface area contributed by atoms with Gasteiger partial charge in [0.25, 0.3) is 20.0 Å². The lowest BCUT2D eigenvalue weighted by atomic mass is 10.3. The Balaban J connectivity index is 1.51. The molecular weight excluding hydrogens is 440 g/mol. The third-order valence-corrected chi connectivity index (χ3v) is 7.90. The summed E-state index contributed by atoms with van der Waals surface area (Å²) in [7, 11) is -7.77. The minimum atomic E-state index is -3.90. The molecule has 2 heterocycles. The Morgan fingerprint density at radius 3 is 2.23 bits per heavy atom. The lowest BCUT2D eigenvalue weighted by Crippen LogP contribution is -2.16. The van der Waals surface area contributed by atoms with Crippen LogP contribution in [0.25, 0.3) is 0 Å². The first-order chi connectivity index (χ1) is 14.7. The predicted octanol–water partition coefficient (Wildman–Crippen LogP) is 2.70. The van der Waals surface area contributed by atoms with Crippen LogP contribution < -0.4 is 9.44 Å². The van der Waals surface area contributed by atoms with Gasteiger partial charge in [0.05, 0.1) is 16.6 Å². The van der Waals surface area contributed by atoms with Crippen LogP contribution in [0.4, 0.5) is 11.6 Å². The molecule has 0 bridgehead atoms. The van der Waals surface area contributed by atoms with Crippen molar-refractivity contribution in [3.05, 3.63) is 54.6 Å². The molecule has 1 aromatic carbocycles. The Morgan fingerprint density at radius 2 is 1.58 bits per heavy atom. The second-order valence-electron chi connectivity index (χ2n) is 7.30. The highest BCUT2D eigenvalue weighted by Crippen LogP contribution is 2.30. The van der Waals surface area contributed by atoms with E-state index in [2.05, 4.69) is 24.5 Å². The Morgan fingerprint density at radius 1 is 0.935 bits per heavy atom. The van der Waals surface area contributed by atoms with E-state index in [0.29, 0.717) is 5.69 Å². The number of sulfonamides is 2. The van der Waals surface area contributed by atoms with Gasteiger partial charge in [0.2, 0.25) is 5.95 Å². The second-order valence-corrected chi connectivity index (χ2v) is 10.6. The SMILES string of the molecule is Cc1nn(C2CCCC2)cc1S(=O)(=O)Nc1ccc(S(=O)(=O)Nc2ncccn2)cc1. The Labute approximate surface area is 180 Å². The molecule has 0 spiro atoms. The minimum absolute atomic E-state index is 0.0480. The van der Waals surface area contributed by atoms with Gasteiger partial charge in [-0.15, -0.1) is 0 Å². The van der Waals surface area contributed by atoms with Crippen LogP contribution in [0.1, 0.15) is 37.4 Å². The number of nitrogens with one attached hydrogen (secondary N) is 2. The number of aryl methyl sites for hydroxylation is 1. The van der Waals surface area contributed by atoms with Gasteiger partial charge >= 0.3 is 0 Å². The molecule has 0 atom stereocenters. The van der Waals surface area contributed by atoms with Gasteiger partial charge in [-0.2, -0.15) is 5.10 Å². The first kappa shape index (κ1) is 21.2. The quantitative estimate of drug-likeness (QED) is 0.551. The number of aromatic nitrogens is 4. The highest BCUT2D eigenvalue weighted by molar-refractivity contribution is 7.93. The molecule has 3 aromatic rings. The fraction of sp³-hybridized carbons (Fsp3) is 0.316. The Hall–Kier alpha value is -2.99. The summed E-state index contributed by atoms with van der Waals surface area (Å²) in [6.07, 6.45) is 8.61. The van der Waals surface area contributed by atoms with E-state index >= 15 is 0 Å². The summed E-state index contributed by atoms with van der Waals surface area (Å²) >= 11 is 0. The van der Waals surface area contributed by atoms with Crippen LogP contribution in [0.15, 0.2) is 58.7 Å². The number of hydrogen-bond acceptors (Lipinski definition) is 7. The maximum absolute atomic E-state index is 12.9. The predicted molar refractivity (Wildman–Crippen MR) is 115 cm³/mol. The molecule has 31 heavy (non-hydrogen) atoms. The van der Waals surface area contributed by atoms with Crippen molar-refractivity contribution < 1.29 is 16.8 Å². The first-order valence-electron chi connectivity index (χ1n) is 9.73. The fourth-order valence-electron chi connectivity index (χ4n) is 3.53. The van der Waals surface area contributed by atoms with Crippen LogP contribution in [0.5, 0.6) is 0 Å². The summed E-state index contributed by atoms with van der Waals surface area (Å²) in [6.45, 7) is 1.66. The molecule has 0 saturated heterocycles. The van der Waals surface area contributed by atoms with E-state index in [1.807, 2.05) is 0 Å². The van der Waals surface area contributed by atoms with Crippen LogP contribution in [-0.2, 0) is 20.0 Å². The highest BCUT2D eigenvalue weighted by atomic mass is 32.2. The van der Waals surface area contributed by atoms with Crippen molar-refractivity contribution in [1.82, 2.24) is 19.7 Å². The number of rotatable bonds is 7. The van der Waals surface area contributed by atoms with E-state index in [9.17, 15) is 16.8 Å². The molecule has 4 rings (SSSR count). The van der Waals surface area contributed by atoms with Crippen molar-refractivity contribution in [2.45, 2.75) is 48.4 Å². The maximum Gasteiger partial charge on any atom is 0.265 e. The van der Waals surface area contributed by atoms with Crippen molar-refractivity contribution in [3.63, 3.8) is 0 Å². The van der Waals surface area contributed by atoms with Gasteiger partial charge in [-0.1, -0.05) is 12.8 Å². The van der Waals surface area contributed by atoms with Gasteiger partial charge in [0.1, 0.15) is 4.90 Å². The third kappa shape index (κ3) is 4.69. The molecule has 0 radical (unpaired) electrons. The largest absolute Gasteiger partial charge is 0.280 e. The highest BCUT2D eigenvalue weighted by Gasteiger charge is 2.25. The standard InChI is InChI=1S/C19H22N6O4S2/c1-14-18(13-25(22-14)16-5-2-3-6-16)31(28,29)23-15-7-9-17(10-8-15)30(26,27)24-19-20-11-4-12-21-19/h4,7-13,16,23H,2-3,5-6H2,1H3,(H,20,21,24). The molecule has 1 fully saturated rings. The zero-order chi connectivity index (χ0) is 22.1. The molecule has 1 saturated carbocycles. The van der Waals surface area contributed by atoms with Crippen LogP contribution in [0.2, 0.25) is 0 Å². The number of nitrogens with zero attached hydrogens (tertiary/aromatic N) is 4. The summed E-state index contributed by atoms with van der Waals surface area (Å²) in [6, 6.07) is 7.17. The van der Waals surface area contributed by atoms with E-state index in [4.69, 9.17) is 0 Å². The van der Waals surface area contributed by atoms with E-state index in [-0.39, 0.29) is 27.5 Å². The summed E-state index contributed by atoms with van der Waals surface area (Å²) in [5.41, 5.74) is 0.661. The first-order valence-corrected chi connectivity index (χ1v) is 12.7. The van der Waals surface area contributed by atoms with Gasteiger partial charge < -0.3 is 0 Å². The summed E-state index contributed by atoms with van der Waals surface area (Å²) in [4.78, 5) is 7.72. The maximum atomic E-state index is 12.9. The molecule has 12 heteroatoms. The number of hydrogen-bond donors (Lipinski definition) is 2. The average molecular weight is 463 g/mol.